The predicted molar refractivity (Wildman–Crippen MR) is 117 cm³/mol. The SMILES string of the molecule is Cc1nc(COc2ncccn2)sc1-c1cccc(-c2ccc(OCC(=O)O)cc2)c1. The Kier molecular flexibility index (Phi) is 6.18. The third-order valence-corrected chi connectivity index (χ3v) is 5.56. The zero-order valence-corrected chi connectivity index (χ0v) is 17.5. The molecular formula is C23H19N3O4S. The molecule has 2 heterocycles. The van der Waals surface area contributed by atoms with E-state index in [-0.39, 0.29) is 6.61 Å². The van der Waals surface area contributed by atoms with Crippen LogP contribution in [-0.4, -0.2) is 32.6 Å². The molecule has 0 spiro atoms. The molecule has 1 N–H and O–H groups in total. The highest BCUT2D eigenvalue weighted by atomic mass is 32.1. The van der Waals surface area contributed by atoms with Crippen LogP contribution in [0, 0.1) is 6.92 Å². The van der Waals surface area contributed by atoms with Gasteiger partial charge in [0, 0.05) is 12.4 Å². The van der Waals surface area contributed by atoms with Crippen molar-refractivity contribution in [3.63, 3.8) is 0 Å². The molecule has 2 aromatic heterocycles. The van der Waals surface area contributed by atoms with Crippen LogP contribution in [0.5, 0.6) is 11.8 Å². The van der Waals surface area contributed by atoms with Gasteiger partial charge < -0.3 is 14.6 Å². The van der Waals surface area contributed by atoms with Gasteiger partial charge in [0.15, 0.2) is 6.61 Å². The number of rotatable bonds is 8. The average molecular weight is 433 g/mol. The van der Waals surface area contributed by atoms with E-state index in [4.69, 9.17) is 14.6 Å². The van der Waals surface area contributed by atoms with E-state index in [2.05, 4.69) is 27.1 Å². The van der Waals surface area contributed by atoms with Crippen molar-refractivity contribution in [3.05, 3.63) is 77.7 Å². The molecular weight excluding hydrogens is 414 g/mol. The third-order valence-electron chi connectivity index (χ3n) is 4.38. The first-order valence-electron chi connectivity index (χ1n) is 9.50. The fraction of sp³-hybridized carbons (Fsp3) is 0.130. The normalized spacial score (nSPS) is 10.6. The summed E-state index contributed by atoms with van der Waals surface area (Å²) >= 11 is 1.58. The summed E-state index contributed by atoms with van der Waals surface area (Å²) in [6.07, 6.45) is 3.27. The molecule has 0 fully saturated rings. The van der Waals surface area contributed by atoms with Gasteiger partial charge in [0.1, 0.15) is 17.4 Å². The molecule has 0 bridgehead atoms. The summed E-state index contributed by atoms with van der Waals surface area (Å²) in [6, 6.07) is 17.6. The van der Waals surface area contributed by atoms with Gasteiger partial charge in [-0.3, -0.25) is 0 Å². The Morgan fingerprint density at radius 3 is 2.45 bits per heavy atom. The molecule has 0 amide bonds. The first-order chi connectivity index (χ1) is 15.1. The quantitative estimate of drug-likeness (QED) is 0.433. The largest absolute Gasteiger partial charge is 0.482 e. The number of hydrogen-bond acceptors (Lipinski definition) is 7. The van der Waals surface area contributed by atoms with Crippen LogP contribution in [0.4, 0.5) is 0 Å². The zero-order chi connectivity index (χ0) is 21.6. The van der Waals surface area contributed by atoms with Crippen molar-refractivity contribution in [1.82, 2.24) is 15.0 Å². The number of hydrogen-bond donors (Lipinski definition) is 1. The van der Waals surface area contributed by atoms with Crippen LogP contribution in [0.2, 0.25) is 0 Å². The van der Waals surface area contributed by atoms with Crippen molar-refractivity contribution >= 4 is 17.3 Å². The maximum absolute atomic E-state index is 10.6. The number of aryl methyl sites for hydroxylation is 1. The van der Waals surface area contributed by atoms with E-state index in [0.29, 0.717) is 18.4 Å². The Hall–Kier alpha value is -3.78. The van der Waals surface area contributed by atoms with E-state index in [1.54, 1.807) is 41.9 Å². The number of ether oxygens (including phenoxy) is 2. The molecule has 2 aromatic carbocycles. The Morgan fingerprint density at radius 1 is 0.968 bits per heavy atom. The number of carboxylic acids is 1. The van der Waals surface area contributed by atoms with Crippen LogP contribution in [-0.2, 0) is 11.4 Å². The fourth-order valence-corrected chi connectivity index (χ4v) is 3.97. The Labute approximate surface area is 183 Å². The summed E-state index contributed by atoms with van der Waals surface area (Å²) in [4.78, 5) is 24.5. The summed E-state index contributed by atoms with van der Waals surface area (Å²) in [6.45, 7) is 1.94. The minimum absolute atomic E-state index is 0.313. The molecule has 7 nitrogen and oxygen atoms in total. The van der Waals surface area contributed by atoms with Gasteiger partial charge >= 0.3 is 12.0 Å². The fourth-order valence-electron chi connectivity index (χ4n) is 3.00. The van der Waals surface area contributed by atoms with E-state index in [9.17, 15) is 4.79 Å². The first kappa shape index (κ1) is 20.5. The predicted octanol–water partition coefficient (Wildman–Crippen LogP) is 4.62. The van der Waals surface area contributed by atoms with Gasteiger partial charge in [-0.2, -0.15) is 0 Å². The van der Waals surface area contributed by atoms with Gasteiger partial charge in [0.25, 0.3) is 0 Å². The molecule has 0 aliphatic rings. The lowest BCUT2D eigenvalue weighted by atomic mass is 10.0. The molecule has 0 aliphatic heterocycles. The van der Waals surface area contributed by atoms with Gasteiger partial charge in [-0.1, -0.05) is 30.3 Å². The Bertz CT molecular complexity index is 1180. The highest BCUT2D eigenvalue weighted by molar-refractivity contribution is 7.15. The molecule has 8 heteroatoms. The molecule has 0 atom stereocenters. The van der Waals surface area contributed by atoms with Crippen LogP contribution in [0.3, 0.4) is 0 Å². The summed E-state index contributed by atoms with van der Waals surface area (Å²) < 4.78 is 10.8. The van der Waals surface area contributed by atoms with Crippen LogP contribution in [0.1, 0.15) is 10.7 Å². The van der Waals surface area contributed by atoms with E-state index in [1.165, 1.54) is 0 Å². The number of thiazole rings is 1. The van der Waals surface area contributed by atoms with E-state index < -0.39 is 5.97 Å². The average Bonchev–Trinajstić information content (AvgIpc) is 3.18. The summed E-state index contributed by atoms with van der Waals surface area (Å²) in [5.41, 5.74) is 4.06. The molecule has 0 saturated heterocycles. The minimum Gasteiger partial charge on any atom is -0.482 e. The van der Waals surface area contributed by atoms with E-state index in [0.717, 1.165) is 32.3 Å². The van der Waals surface area contributed by atoms with Crippen molar-refractivity contribution < 1.29 is 19.4 Å². The highest BCUT2D eigenvalue weighted by Gasteiger charge is 2.12. The summed E-state index contributed by atoms with van der Waals surface area (Å²) in [5, 5.41) is 9.57. The Balaban J connectivity index is 1.50. The molecule has 0 unspecified atom stereocenters. The highest BCUT2D eigenvalue weighted by Crippen LogP contribution is 2.33. The Morgan fingerprint density at radius 2 is 1.71 bits per heavy atom. The third kappa shape index (κ3) is 5.23. The molecule has 31 heavy (non-hydrogen) atoms. The monoisotopic (exact) mass is 433 g/mol. The zero-order valence-electron chi connectivity index (χ0n) is 16.7. The van der Waals surface area contributed by atoms with Crippen LogP contribution in [0.25, 0.3) is 21.6 Å². The number of nitrogens with zero attached hydrogens (tertiary/aromatic N) is 3. The first-order valence-corrected chi connectivity index (χ1v) is 10.3. The van der Waals surface area contributed by atoms with Gasteiger partial charge in [0.2, 0.25) is 0 Å². The summed E-state index contributed by atoms with van der Waals surface area (Å²) in [7, 11) is 0. The van der Waals surface area contributed by atoms with Crippen LogP contribution < -0.4 is 9.47 Å². The minimum atomic E-state index is -1.00. The topological polar surface area (TPSA) is 94.4 Å². The number of carbonyl (C=O) groups is 1. The lowest BCUT2D eigenvalue weighted by molar-refractivity contribution is -0.139. The number of benzene rings is 2. The van der Waals surface area contributed by atoms with Crippen LogP contribution >= 0.6 is 11.3 Å². The second-order valence-electron chi connectivity index (χ2n) is 6.63. The molecule has 4 aromatic rings. The lowest BCUT2D eigenvalue weighted by Crippen LogP contribution is -2.09. The van der Waals surface area contributed by atoms with Crippen molar-refractivity contribution in [3.8, 4) is 33.3 Å². The van der Waals surface area contributed by atoms with Gasteiger partial charge in [-0.15, -0.1) is 11.3 Å². The number of aromatic nitrogens is 3. The second kappa shape index (κ2) is 9.36. The standard InChI is InChI=1S/C23H19N3O4S/c1-15-22(31-20(26-15)13-30-23-24-10-3-11-25-23)18-5-2-4-17(12-18)16-6-8-19(9-7-16)29-14-21(27)28/h2-12H,13-14H2,1H3,(H,27,28). The molecule has 0 radical (unpaired) electrons. The maximum atomic E-state index is 10.6. The van der Waals surface area contributed by atoms with Crippen molar-refractivity contribution in [1.29, 1.82) is 0 Å². The molecule has 4 rings (SSSR count). The van der Waals surface area contributed by atoms with Gasteiger partial charge in [-0.05, 0) is 47.9 Å². The lowest BCUT2D eigenvalue weighted by Gasteiger charge is -2.07. The van der Waals surface area contributed by atoms with Crippen LogP contribution in [0.15, 0.2) is 67.0 Å². The van der Waals surface area contributed by atoms with Crippen molar-refractivity contribution in [2.75, 3.05) is 6.61 Å². The maximum Gasteiger partial charge on any atom is 0.341 e. The van der Waals surface area contributed by atoms with Crippen molar-refractivity contribution in [2.24, 2.45) is 0 Å². The second-order valence-corrected chi connectivity index (χ2v) is 7.71. The van der Waals surface area contributed by atoms with E-state index >= 15 is 0 Å². The number of carboxylic acid groups (broad SMARTS) is 1. The number of aliphatic carboxylic acids is 1. The van der Waals surface area contributed by atoms with Crippen molar-refractivity contribution in [2.45, 2.75) is 13.5 Å². The molecule has 0 saturated carbocycles. The van der Waals surface area contributed by atoms with E-state index in [1.807, 2.05) is 31.2 Å². The smallest absolute Gasteiger partial charge is 0.341 e. The van der Waals surface area contributed by atoms with Gasteiger partial charge in [-0.25, -0.2) is 19.7 Å². The summed E-state index contributed by atoms with van der Waals surface area (Å²) in [5.74, 6) is -0.481. The molecule has 156 valence electrons. The van der Waals surface area contributed by atoms with Gasteiger partial charge in [0.05, 0.1) is 10.6 Å². The molecule has 0 aliphatic carbocycles.